The van der Waals surface area contributed by atoms with Crippen LogP contribution in [0.2, 0.25) is 0 Å². The maximum Gasteiger partial charge on any atom is 0.280 e. The van der Waals surface area contributed by atoms with Crippen LogP contribution in [0.1, 0.15) is 41.1 Å². The van der Waals surface area contributed by atoms with E-state index in [9.17, 15) is 0 Å². The van der Waals surface area contributed by atoms with E-state index in [4.69, 9.17) is 9.05 Å². The summed E-state index contributed by atoms with van der Waals surface area (Å²) in [6.45, 7) is 2.07. The summed E-state index contributed by atoms with van der Waals surface area (Å²) in [5.41, 5.74) is 4.26. The van der Waals surface area contributed by atoms with Gasteiger partial charge in [-0.3, -0.25) is 0 Å². The van der Waals surface area contributed by atoms with Crippen LogP contribution in [0.3, 0.4) is 0 Å². The fourth-order valence-corrected chi connectivity index (χ4v) is 2.86. The van der Waals surface area contributed by atoms with E-state index in [0.29, 0.717) is 18.1 Å². The summed E-state index contributed by atoms with van der Waals surface area (Å²) >= 11 is 0. The minimum atomic E-state index is 0.467. The zero-order valence-corrected chi connectivity index (χ0v) is 12.5. The Morgan fingerprint density at radius 1 is 1.00 bits per heavy atom. The topological polar surface area (TPSA) is 65.0 Å². The third-order valence-corrected chi connectivity index (χ3v) is 4.10. The molecule has 0 unspecified atom stereocenters. The molecule has 1 aromatic carbocycles. The van der Waals surface area contributed by atoms with Gasteiger partial charge in [0.2, 0.25) is 0 Å². The highest BCUT2D eigenvalue weighted by Crippen LogP contribution is 2.30. The number of rotatable bonds is 3. The Kier molecular flexibility index (Phi) is 3.25. The van der Waals surface area contributed by atoms with E-state index in [1.807, 2.05) is 0 Å². The van der Waals surface area contributed by atoms with Crippen molar-refractivity contribution in [3.63, 3.8) is 0 Å². The molecule has 1 aliphatic rings. The molecule has 112 valence electrons. The monoisotopic (exact) mass is 295 g/mol. The van der Waals surface area contributed by atoms with E-state index in [0.717, 1.165) is 42.7 Å². The lowest BCUT2D eigenvalue weighted by Gasteiger charge is -2.07. The molecule has 1 aliphatic carbocycles. The zero-order chi connectivity index (χ0) is 14.9. The number of nitrogens with zero attached hydrogens (tertiary/aromatic N) is 3. The molecule has 0 fully saturated rings. The predicted octanol–water partition coefficient (Wildman–Crippen LogP) is 3.50. The van der Waals surface area contributed by atoms with Crippen LogP contribution in [-0.2, 0) is 19.3 Å². The fourth-order valence-electron chi connectivity index (χ4n) is 2.86. The van der Waals surface area contributed by atoms with E-state index >= 15 is 0 Å². The Morgan fingerprint density at radius 3 is 2.68 bits per heavy atom. The molecular weight excluding hydrogens is 278 g/mol. The quantitative estimate of drug-likeness (QED) is 0.740. The second kappa shape index (κ2) is 5.40. The van der Waals surface area contributed by atoms with E-state index < -0.39 is 0 Å². The minimum Gasteiger partial charge on any atom is -0.360 e. The summed E-state index contributed by atoms with van der Waals surface area (Å²) < 4.78 is 10.8. The van der Waals surface area contributed by atoms with Crippen molar-refractivity contribution in [1.82, 2.24) is 15.3 Å². The van der Waals surface area contributed by atoms with E-state index in [2.05, 4.69) is 46.5 Å². The van der Waals surface area contributed by atoms with E-state index in [1.165, 1.54) is 11.1 Å². The van der Waals surface area contributed by atoms with Crippen LogP contribution in [0.25, 0.3) is 11.6 Å². The number of benzene rings is 1. The predicted molar refractivity (Wildman–Crippen MR) is 80.4 cm³/mol. The Morgan fingerprint density at radius 2 is 1.82 bits per heavy atom. The first kappa shape index (κ1) is 13.2. The zero-order valence-electron chi connectivity index (χ0n) is 12.5. The van der Waals surface area contributed by atoms with Gasteiger partial charge in [0.25, 0.3) is 5.89 Å². The molecule has 3 aromatic rings. The van der Waals surface area contributed by atoms with Crippen molar-refractivity contribution in [2.45, 2.75) is 39.0 Å². The van der Waals surface area contributed by atoms with Gasteiger partial charge in [-0.05, 0) is 31.7 Å². The lowest BCUT2D eigenvalue weighted by Crippen LogP contribution is -2.00. The highest BCUT2D eigenvalue weighted by Gasteiger charge is 2.24. The van der Waals surface area contributed by atoms with Crippen molar-refractivity contribution in [3.8, 4) is 11.6 Å². The maximum atomic E-state index is 5.40. The van der Waals surface area contributed by atoms with Gasteiger partial charge in [0.15, 0.2) is 11.5 Å². The van der Waals surface area contributed by atoms with Gasteiger partial charge < -0.3 is 9.05 Å². The molecule has 5 heteroatoms. The Labute approximate surface area is 128 Å². The van der Waals surface area contributed by atoms with Gasteiger partial charge in [-0.2, -0.15) is 4.98 Å². The SMILES string of the molecule is Cc1ccc(Cc2noc(-c3noc4c3CCCC4)n2)cc1. The van der Waals surface area contributed by atoms with E-state index in [-0.39, 0.29) is 0 Å². The molecule has 5 nitrogen and oxygen atoms in total. The molecule has 0 N–H and O–H groups in total. The van der Waals surface area contributed by atoms with Gasteiger partial charge in [-0.1, -0.05) is 40.1 Å². The average Bonchev–Trinajstić information content (AvgIpc) is 3.16. The van der Waals surface area contributed by atoms with Crippen LogP contribution in [0.15, 0.2) is 33.3 Å². The maximum absolute atomic E-state index is 5.40. The van der Waals surface area contributed by atoms with Gasteiger partial charge >= 0.3 is 0 Å². The van der Waals surface area contributed by atoms with Crippen LogP contribution < -0.4 is 0 Å². The van der Waals surface area contributed by atoms with Crippen LogP contribution in [0.4, 0.5) is 0 Å². The smallest absolute Gasteiger partial charge is 0.280 e. The Balaban J connectivity index is 1.59. The summed E-state index contributed by atoms with van der Waals surface area (Å²) in [5.74, 6) is 2.11. The molecular formula is C17H17N3O2. The van der Waals surface area contributed by atoms with Gasteiger partial charge in [0.05, 0.1) is 0 Å². The second-order valence-electron chi connectivity index (χ2n) is 5.82. The normalized spacial score (nSPS) is 14.0. The van der Waals surface area contributed by atoms with Crippen LogP contribution in [0, 0.1) is 6.92 Å². The molecule has 2 heterocycles. The van der Waals surface area contributed by atoms with Gasteiger partial charge in [-0.25, -0.2) is 0 Å². The van der Waals surface area contributed by atoms with Gasteiger partial charge in [-0.15, -0.1) is 0 Å². The molecule has 0 radical (unpaired) electrons. The van der Waals surface area contributed by atoms with Crippen LogP contribution in [-0.4, -0.2) is 15.3 Å². The number of hydrogen-bond donors (Lipinski definition) is 0. The van der Waals surface area contributed by atoms with E-state index in [1.54, 1.807) is 0 Å². The van der Waals surface area contributed by atoms with Crippen molar-refractivity contribution in [2.24, 2.45) is 0 Å². The molecule has 2 aromatic heterocycles. The van der Waals surface area contributed by atoms with Crippen LogP contribution in [0.5, 0.6) is 0 Å². The molecule has 0 saturated heterocycles. The summed E-state index contributed by atoms with van der Waals surface area (Å²) in [4.78, 5) is 4.48. The summed E-state index contributed by atoms with van der Waals surface area (Å²) in [6.07, 6.45) is 4.90. The first-order chi connectivity index (χ1) is 10.8. The molecule has 0 amide bonds. The van der Waals surface area contributed by atoms with Crippen molar-refractivity contribution in [2.75, 3.05) is 0 Å². The molecule has 0 atom stereocenters. The summed E-state index contributed by atoms with van der Waals surface area (Å²) in [6, 6.07) is 8.35. The highest BCUT2D eigenvalue weighted by atomic mass is 16.5. The minimum absolute atomic E-state index is 0.467. The lowest BCUT2D eigenvalue weighted by molar-refractivity contribution is 0.369. The average molecular weight is 295 g/mol. The van der Waals surface area contributed by atoms with Crippen molar-refractivity contribution >= 4 is 0 Å². The van der Waals surface area contributed by atoms with Crippen molar-refractivity contribution in [3.05, 3.63) is 52.5 Å². The second-order valence-corrected chi connectivity index (χ2v) is 5.82. The van der Waals surface area contributed by atoms with Gasteiger partial charge in [0.1, 0.15) is 5.76 Å². The fraction of sp³-hybridized carbons (Fsp3) is 0.353. The molecule has 4 rings (SSSR count). The Bertz CT molecular complexity index is 787. The molecule has 22 heavy (non-hydrogen) atoms. The largest absolute Gasteiger partial charge is 0.360 e. The molecule has 0 saturated carbocycles. The van der Waals surface area contributed by atoms with Crippen molar-refractivity contribution in [1.29, 1.82) is 0 Å². The third kappa shape index (κ3) is 2.43. The first-order valence-electron chi connectivity index (χ1n) is 7.65. The molecule has 0 aliphatic heterocycles. The van der Waals surface area contributed by atoms with Gasteiger partial charge in [0, 0.05) is 18.4 Å². The first-order valence-corrected chi connectivity index (χ1v) is 7.65. The highest BCUT2D eigenvalue weighted by molar-refractivity contribution is 5.54. The van der Waals surface area contributed by atoms with Crippen LogP contribution >= 0.6 is 0 Å². The molecule has 0 bridgehead atoms. The number of hydrogen-bond acceptors (Lipinski definition) is 5. The third-order valence-electron chi connectivity index (χ3n) is 4.10. The Hall–Kier alpha value is -2.43. The standard InChI is InChI=1S/C17H17N3O2/c1-11-6-8-12(9-7-11)10-15-18-17(22-19-15)16-13-4-2-3-5-14(13)21-20-16/h6-9H,2-5,10H2,1H3. The number of fused-ring (bicyclic) bond motifs is 1. The summed E-state index contributed by atoms with van der Waals surface area (Å²) in [5, 5.41) is 8.20. The summed E-state index contributed by atoms with van der Waals surface area (Å²) in [7, 11) is 0. The number of aromatic nitrogens is 3. The lowest BCUT2D eigenvalue weighted by atomic mass is 9.96. The number of aryl methyl sites for hydroxylation is 2. The molecule has 0 spiro atoms. The van der Waals surface area contributed by atoms with Crippen molar-refractivity contribution < 1.29 is 9.05 Å².